The van der Waals surface area contributed by atoms with Crippen molar-refractivity contribution in [1.29, 1.82) is 0 Å². The van der Waals surface area contributed by atoms with Gasteiger partial charge in [0.25, 0.3) is 0 Å². The number of benzene rings is 2. The first kappa shape index (κ1) is 13.4. The van der Waals surface area contributed by atoms with Crippen LogP contribution in [0, 0.1) is 13.8 Å². The SMILES string of the molecule is Cc1cc(C)cc(Cn2nc(C(=O)O)c3ccccc32)c1. The number of aryl methyl sites for hydroxylation is 2. The predicted octanol–water partition coefficient (Wildman–Crippen LogP) is 3.40. The van der Waals surface area contributed by atoms with Gasteiger partial charge in [-0.15, -0.1) is 0 Å². The van der Waals surface area contributed by atoms with Crippen LogP contribution in [0.4, 0.5) is 0 Å². The third-order valence-electron chi connectivity index (χ3n) is 3.47. The molecule has 0 spiro atoms. The highest BCUT2D eigenvalue weighted by molar-refractivity contribution is 6.01. The van der Waals surface area contributed by atoms with Gasteiger partial charge in [-0.05, 0) is 25.5 Å². The van der Waals surface area contributed by atoms with Crippen LogP contribution in [0.5, 0.6) is 0 Å². The van der Waals surface area contributed by atoms with Crippen LogP contribution < -0.4 is 0 Å². The fourth-order valence-corrected chi connectivity index (χ4v) is 2.74. The summed E-state index contributed by atoms with van der Waals surface area (Å²) in [5, 5.41) is 14.2. The van der Waals surface area contributed by atoms with Crippen molar-refractivity contribution in [3.63, 3.8) is 0 Å². The van der Waals surface area contributed by atoms with Crippen molar-refractivity contribution in [3.8, 4) is 0 Å². The molecule has 4 nitrogen and oxygen atoms in total. The second-order valence-electron chi connectivity index (χ2n) is 5.32. The Kier molecular flexibility index (Phi) is 3.22. The van der Waals surface area contributed by atoms with Crippen LogP contribution in [0.25, 0.3) is 10.9 Å². The number of nitrogens with zero attached hydrogens (tertiary/aromatic N) is 2. The number of aromatic carboxylic acids is 1. The van der Waals surface area contributed by atoms with E-state index in [0.717, 1.165) is 11.1 Å². The number of para-hydroxylation sites is 1. The highest BCUT2D eigenvalue weighted by atomic mass is 16.4. The van der Waals surface area contributed by atoms with Crippen LogP contribution in [0.3, 0.4) is 0 Å². The molecule has 0 aliphatic heterocycles. The van der Waals surface area contributed by atoms with Gasteiger partial charge in [0.15, 0.2) is 5.69 Å². The lowest BCUT2D eigenvalue weighted by Gasteiger charge is -2.06. The van der Waals surface area contributed by atoms with E-state index in [1.54, 1.807) is 10.7 Å². The molecule has 1 aromatic heterocycles. The summed E-state index contributed by atoms with van der Waals surface area (Å²) < 4.78 is 1.76. The second-order valence-corrected chi connectivity index (χ2v) is 5.32. The first-order valence-corrected chi connectivity index (χ1v) is 6.80. The Hall–Kier alpha value is -2.62. The average molecular weight is 280 g/mol. The molecule has 1 heterocycles. The van der Waals surface area contributed by atoms with Crippen LogP contribution in [0.2, 0.25) is 0 Å². The molecule has 21 heavy (non-hydrogen) atoms. The van der Waals surface area contributed by atoms with Gasteiger partial charge in [0.05, 0.1) is 12.1 Å². The summed E-state index contributed by atoms with van der Waals surface area (Å²) in [5.41, 5.74) is 4.46. The van der Waals surface area contributed by atoms with Crippen LogP contribution >= 0.6 is 0 Å². The Labute approximate surface area is 122 Å². The fraction of sp³-hybridized carbons (Fsp3) is 0.176. The molecule has 2 aromatic carbocycles. The second kappa shape index (κ2) is 5.05. The zero-order chi connectivity index (χ0) is 15.0. The fourth-order valence-electron chi connectivity index (χ4n) is 2.74. The van der Waals surface area contributed by atoms with Gasteiger partial charge in [0.2, 0.25) is 0 Å². The van der Waals surface area contributed by atoms with Crippen molar-refractivity contribution < 1.29 is 9.90 Å². The van der Waals surface area contributed by atoms with E-state index in [1.807, 2.05) is 18.2 Å². The summed E-state index contributed by atoms with van der Waals surface area (Å²) in [4.78, 5) is 11.3. The average Bonchev–Trinajstić information content (AvgIpc) is 2.77. The minimum atomic E-state index is -0.995. The summed E-state index contributed by atoms with van der Waals surface area (Å²) >= 11 is 0. The molecule has 0 radical (unpaired) electrons. The lowest BCUT2D eigenvalue weighted by atomic mass is 10.1. The molecule has 106 valence electrons. The minimum absolute atomic E-state index is 0.106. The number of rotatable bonds is 3. The molecule has 0 fully saturated rings. The van der Waals surface area contributed by atoms with Crippen molar-refractivity contribution in [2.24, 2.45) is 0 Å². The maximum Gasteiger partial charge on any atom is 0.357 e. The molecule has 0 saturated heterocycles. The first-order chi connectivity index (χ1) is 10.0. The molecule has 0 aliphatic carbocycles. The molecular weight excluding hydrogens is 264 g/mol. The van der Waals surface area contributed by atoms with Crippen molar-refractivity contribution in [3.05, 3.63) is 64.8 Å². The number of carboxylic acid groups (broad SMARTS) is 1. The zero-order valence-electron chi connectivity index (χ0n) is 12.0. The summed E-state index contributed by atoms with van der Waals surface area (Å²) in [5.74, 6) is -0.995. The van der Waals surface area contributed by atoms with Crippen molar-refractivity contribution >= 4 is 16.9 Å². The van der Waals surface area contributed by atoms with E-state index >= 15 is 0 Å². The molecule has 1 N–H and O–H groups in total. The Balaban J connectivity index is 2.10. The van der Waals surface area contributed by atoms with Crippen LogP contribution in [0.15, 0.2) is 42.5 Å². The lowest BCUT2D eigenvalue weighted by Crippen LogP contribution is -2.05. The van der Waals surface area contributed by atoms with Gasteiger partial charge >= 0.3 is 5.97 Å². The minimum Gasteiger partial charge on any atom is -0.476 e. The van der Waals surface area contributed by atoms with E-state index in [4.69, 9.17) is 0 Å². The van der Waals surface area contributed by atoms with E-state index in [0.29, 0.717) is 11.9 Å². The Bertz CT molecular complexity index is 814. The smallest absolute Gasteiger partial charge is 0.357 e. The Morgan fingerprint density at radius 1 is 1.14 bits per heavy atom. The molecule has 0 unspecified atom stereocenters. The maximum absolute atomic E-state index is 11.3. The van der Waals surface area contributed by atoms with Crippen molar-refractivity contribution in [1.82, 2.24) is 9.78 Å². The van der Waals surface area contributed by atoms with Gasteiger partial charge in [-0.1, -0.05) is 47.5 Å². The number of fused-ring (bicyclic) bond motifs is 1. The molecule has 0 bridgehead atoms. The molecule has 3 aromatic rings. The lowest BCUT2D eigenvalue weighted by molar-refractivity contribution is 0.0691. The molecule has 4 heteroatoms. The Morgan fingerprint density at radius 2 is 1.81 bits per heavy atom. The van der Waals surface area contributed by atoms with Crippen molar-refractivity contribution in [2.45, 2.75) is 20.4 Å². The van der Waals surface area contributed by atoms with E-state index in [1.165, 1.54) is 11.1 Å². The van der Waals surface area contributed by atoms with E-state index < -0.39 is 5.97 Å². The van der Waals surface area contributed by atoms with Gasteiger partial charge in [-0.2, -0.15) is 5.10 Å². The van der Waals surface area contributed by atoms with Gasteiger partial charge in [-0.25, -0.2) is 4.79 Å². The Morgan fingerprint density at radius 3 is 2.48 bits per heavy atom. The standard InChI is InChI=1S/C17H16N2O2/c1-11-7-12(2)9-13(8-11)10-19-15-6-4-3-5-14(15)16(18-19)17(20)21/h3-9H,10H2,1-2H3,(H,20,21). The van der Waals surface area contributed by atoms with Gasteiger partial charge in [-0.3, -0.25) is 4.68 Å². The largest absolute Gasteiger partial charge is 0.476 e. The molecule has 0 amide bonds. The number of hydrogen-bond donors (Lipinski definition) is 1. The first-order valence-electron chi connectivity index (χ1n) is 6.80. The summed E-state index contributed by atoms with van der Waals surface area (Å²) in [6.45, 7) is 4.68. The normalized spacial score (nSPS) is 11.0. The van der Waals surface area contributed by atoms with Crippen LogP contribution in [0.1, 0.15) is 27.2 Å². The highest BCUT2D eigenvalue weighted by Crippen LogP contribution is 2.20. The van der Waals surface area contributed by atoms with E-state index in [9.17, 15) is 9.90 Å². The summed E-state index contributed by atoms with van der Waals surface area (Å²) in [6, 6.07) is 13.7. The topological polar surface area (TPSA) is 55.1 Å². The predicted molar refractivity (Wildman–Crippen MR) is 81.7 cm³/mol. The van der Waals surface area contributed by atoms with E-state index in [-0.39, 0.29) is 5.69 Å². The van der Waals surface area contributed by atoms with E-state index in [2.05, 4.69) is 37.1 Å². The number of hydrogen-bond acceptors (Lipinski definition) is 2. The zero-order valence-corrected chi connectivity index (χ0v) is 12.0. The highest BCUT2D eigenvalue weighted by Gasteiger charge is 2.15. The third kappa shape index (κ3) is 2.52. The molecular formula is C17H16N2O2. The summed E-state index contributed by atoms with van der Waals surface area (Å²) in [6.07, 6.45) is 0. The van der Waals surface area contributed by atoms with Crippen molar-refractivity contribution in [2.75, 3.05) is 0 Å². The third-order valence-corrected chi connectivity index (χ3v) is 3.47. The number of carbonyl (C=O) groups is 1. The van der Waals surface area contributed by atoms with Gasteiger partial charge < -0.3 is 5.11 Å². The molecule has 0 atom stereocenters. The number of aromatic nitrogens is 2. The number of carboxylic acids is 1. The maximum atomic E-state index is 11.3. The van der Waals surface area contributed by atoms with Crippen LogP contribution in [-0.2, 0) is 6.54 Å². The van der Waals surface area contributed by atoms with Crippen LogP contribution in [-0.4, -0.2) is 20.9 Å². The summed E-state index contributed by atoms with van der Waals surface area (Å²) in [7, 11) is 0. The molecule has 0 aliphatic rings. The van der Waals surface area contributed by atoms with Gasteiger partial charge in [0, 0.05) is 5.39 Å². The molecule has 3 rings (SSSR count). The molecule has 0 saturated carbocycles. The quantitative estimate of drug-likeness (QED) is 0.800. The monoisotopic (exact) mass is 280 g/mol. The van der Waals surface area contributed by atoms with Gasteiger partial charge in [0.1, 0.15) is 0 Å².